The zero-order valence-corrected chi connectivity index (χ0v) is 19.9. The Kier molecular flexibility index (Phi) is 7.59. The summed E-state index contributed by atoms with van der Waals surface area (Å²) in [6, 6.07) is 22.7. The van der Waals surface area contributed by atoms with E-state index in [1.165, 1.54) is 0 Å². The quantitative estimate of drug-likeness (QED) is 0.498. The Hall–Kier alpha value is -2.83. The van der Waals surface area contributed by atoms with E-state index in [9.17, 15) is 13.2 Å². The van der Waals surface area contributed by atoms with Crippen LogP contribution in [0.3, 0.4) is 0 Å². The van der Waals surface area contributed by atoms with Crippen molar-refractivity contribution >= 4 is 33.2 Å². The summed E-state index contributed by atoms with van der Waals surface area (Å²) in [5.41, 5.74) is 3.29. The van der Waals surface area contributed by atoms with Crippen molar-refractivity contribution in [3.05, 3.63) is 101 Å². The average Bonchev–Trinajstić information content (AvgIpc) is 2.76. The monoisotopic (exact) mass is 470 g/mol. The molecule has 168 valence electrons. The van der Waals surface area contributed by atoms with Gasteiger partial charge in [-0.05, 0) is 42.7 Å². The van der Waals surface area contributed by atoms with E-state index in [0.717, 1.165) is 27.3 Å². The van der Waals surface area contributed by atoms with Crippen LogP contribution in [0.4, 0.5) is 5.69 Å². The average molecular weight is 471 g/mol. The molecule has 0 aliphatic heterocycles. The third-order valence-electron chi connectivity index (χ3n) is 5.22. The molecule has 0 heterocycles. The van der Waals surface area contributed by atoms with Gasteiger partial charge in [-0.2, -0.15) is 0 Å². The van der Waals surface area contributed by atoms with Gasteiger partial charge in [-0.25, -0.2) is 8.42 Å². The lowest BCUT2D eigenvalue weighted by molar-refractivity contribution is -0.122. The van der Waals surface area contributed by atoms with Crippen LogP contribution in [-0.4, -0.2) is 26.6 Å². The van der Waals surface area contributed by atoms with E-state index in [1.807, 2.05) is 61.5 Å². The summed E-state index contributed by atoms with van der Waals surface area (Å²) in [7, 11) is -3.75. The van der Waals surface area contributed by atoms with Gasteiger partial charge in [0.05, 0.1) is 18.0 Å². The molecule has 5 nitrogen and oxygen atoms in total. The minimum absolute atomic E-state index is 0.292. The number of nitrogens with one attached hydrogen (secondary N) is 1. The third-order valence-corrected chi connectivity index (χ3v) is 6.64. The molecule has 0 saturated heterocycles. The van der Waals surface area contributed by atoms with E-state index in [0.29, 0.717) is 17.1 Å². The number of halogens is 1. The Morgan fingerprint density at radius 2 is 1.59 bits per heavy atom. The van der Waals surface area contributed by atoms with Crippen LogP contribution in [0, 0.1) is 6.92 Å². The van der Waals surface area contributed by atoms with Gasteiger partial charge in [-0.15, -0.1) is 0 Å². The zero-order chi connectivity index (χ0) is 23.3. The molecule has 3 aromatic rings. The molecule has 0 spiro atoms. The first-order valence-electron chi connectivity index (χ1n) is 10.4. The predicted molar refractivity (Wildman–Crippen MR) is 130 cm³/mol. The summed E-state index contributed by atoms with van der Waals surface area (Å²) in [4.78, 5) is 13.5. The Bertz CT molecular complexity index is 1170. The maximum atomic E-state index is 13.5. The number of anilines is 1. The van der Waals surface area contributed by atoms with E-state index in [-0.39, 0.29) is 5.91 Å². The predicted octanol–water partition coefficient (Wildman–Crippen LogP) is 5.10. The standard InChI is InChI=1S/C25H27ClN2O3S/c1-4-23(28(32(3,30)31)22-12-8-11-21(26)17-22)25(29)27-24(19-9-6-5-7-10-19)20-15-13-18(2)14-16-20/h5-17,23-24H,4H2,1-3H3,(H,27,29)/t23-,24+/m0/s1. The highest BCUT2D eigenvalue weighted by atomic mass is 35.5. The van der Waals surface area contributed by atoms with Crippen LogP contribution < -0.4 is 9.62 Å². The van der Waals surface area contributed by atoms with Gasteiger partial charge in [0.1, 0.15) is 6.04 Å². The van der Waals surface area contributed by atoms with Crippen molar-refractivity contribution in [3.8, 4) is 0 Å². The van der Waals surface area contributed by atoms with Gasteiger partial charge >= 0.3 is 0 Å². The highest BCUT2D eigenvalue weighted by Gasteiger charge is 2.33. The fourth-order valence-corrected chi connectivity index (χ4v) is 5.06. The number of rotatable bonds is 8. The largest absolute Gasteiger partial charge is 0.343 e. The lowest BCUT2D eigenvalue weighted by atomic mass is 9.97. The fourth-order valence-electron chi connectivity index (χ4n) is 3.68. The number of hydrogen-bond acceptors (Lipinski definition) is 3. The van der Waals surface area contributed by atoms with E-state index in [4.69, 9.17) is 11.6 Å². The maximum Gasteiger partial charge on any atom is 0.244 e. The van der Waals surface area contributed by atoms with Crippen LogP contribution in [0.5, 0.6) is 0 Å². The number of nitrogens with zero attached hydrogens (tertiary/aromatic N) is 1. The molecular weight excluding hydrogens is 444 g/mol. The van der Waals surface area contributed by atoms with Crippen molar-refractivity contribution in [2.24, 2.45) is 0 Å². The van der Waals surface area contributed by atoms with Gasteiger partial charge in [-0.3, -0.25) is 9.10 Å². The molecule has 0 saturated carbocycles. The highest BCUT2D eigenvalue weighted by molar-refractivity contribution is 7.92. The van der Waals surface area contributed by atoms with Gasteiger partial charge in [0.15, 0.2) is 0 Å². The Labute approximate surface area is 195 Å². The first-order chi connectivity index (χ1) is 15.2. The molecule has 1 N–H and O–H groups in total. The van der Waals surface area contributed by atoms with E-state index in [1.54, 1.807) is 31.2 Å². The molecule has 3 aromatic carbocycles. The smallest absolute Gasteiger partial charge is 0.244 e. The van der Waals surface area contributed by atoms with Gasteiger partial charge < -0.3 is 5.32 Å². The number of hydrogen-bond donors (Lipinski definition) is 1. The topological polar surface area (TPSA) is 66.5 Å². The molecule has 0 aliphatic rings. The van der Waals surface area contributed by atoms with Crippen molar-refractivity contribution < 1.29 is 13.2 Å². The normalized spacial score (nSPS) is 13.2. The molecule has 32 heavy (non-hydrogen) atoms. The van der Waals surface area contributed by atoms with Crippen LogP contribution in [0.25, 0.3) is 0 Å². The molecule has 0 unspecified atom stereocenters. The lowest BCUT2D eigenvalue weighted by Gasteiger charge is -2.32. The number of amides is 1. The maximum absolute atomic E-state index is 13.5. The number of aryl methyl sites for hydroxylation is 1. The molecule has 2 atom stereocenters. The van der Waals surface area contributed by atoms with Crippen LogP contribution in [-0.2, 0) is 14.8 Å². The van der Waals surface area contributed by atoms with Crippen LogP contribution in [0.15, 0.2) is 78.9 Å². The minimum atomic E-state index is -3.75. The molecule has 0 aromatic heterocycles. The first-order valence-corrected chi connectivity index (χ1v) is 12.6. The van der Waals surface area contributed by atoms with E-state index >= 15 is 0 Å². The Balaban J connectivity index is 1.99. The van der Waals surface area contributed by atoms with Crippen molar-refractivity contribution in [1.82, 2.24) is 5.32 Å². The van der Waals surface area contributed by atoms with E-state index in [2.05, 4.69) is 5.32 Å². The summed E-state index contributed by atoms with van der Waals surface area (Å²) in [5, 5.41) is 3.48. The number of carbonyl (C=O) groups excluding carboxylic acids is 1. The molecule has 0 aliphatic carbocycles. The molecular formula is C25H27ClN2O3S. The minimum Gasteiger partial charge on any atom is -0.343 e. The summed E-state index contributed by atoms with van der Waals surface area (Å²) >= 11 is 6.10. The van der Waals surface area contributed by atoms with Gasteiger partial charge in [-0.1, -0.05) is 84.8 Å². The lowest BCUT2D eigenvalue weighted by Crippen LogP contribution is -2.50. The molecule has 7 heteroatoms. The second-order valence-electron chi connectivity index (χ2n) is 7.73. The Morgan fingerprint density at radius 3 is 2.16 bits per heavy atom. The fraction of sp³-hybridized carbons (Fsp3) is 0.240. The number of benzene rings is 3. The second-order valence-corrected chi connectivity index (χ2v) is 10.0. The number of sulfonamides is 1. The van der Waals surface area contributed by atoms with Crippen molar-refractivity contribution in [2.45, 2.75) is 32.4 Å². The molecule has 0 fully saturated rings. The van der Waals surface area contributed by atoms with E-state index < -0.39 is 22.1 Å². The van der Waals surface area contributed by atoms with Gasteiger partial charge in [0.25, 0.3) is 0 Å². The summed E-state index contributed by atoms with van der Waals surface area (Å²) in [6.07, 6.45) is 1.39. The SMILES string of the molecule is CC[C@@H](C(=O)N[C@H](c1ccccc1)c1ccc(C)cc1)N(c1cccc(Cl)c1)S(C)(=O)=O. The van der Waals surface area contributed by atoms with Gasteiger partial charge in [0.2, 0.25) is 15.9 Å². The summed E-state index contributed by atoms with van der Waals surface area (Å²) < 4.78 is 26.6. The van der Waals surface area contributed by atoms with Crippen molar-refractivity contribution in [1.29, 1.82) is 0 Å². The van der Waals surface area contributed by atoms with Crippen LogP contribution in [0.2, 0.25) is 5.02 Å². The van der Waals surface area contributed by atoms with Crippen LogP contribution in [0.1, 0.15) is 36.1 Å². The third kappa shape index (κ3) is 5.69. The highest BCUT2D eigenvalue weighted by Crippen LogP contribution is 2.27. The first kappa shape index (κ1) is 23.8. The molecule has 0 radical (unpaired) electrons. The Morgan fingerprint density at radius 1 is 0.969 bits per heavy atom. The molecule has 1 amide bonds. The molecule has 3 rings (SSSR count). The second kappa shape index (κ2) is 10.2. The molecule has 0 bridgehead atoms. The van der Waals surface area contributed by atoms with Crippen molar-refractivity contribution in [2.75, 3.05) is 10.6 Å². The van der Waals surface area contributed by atoms with Crippen molar-refractivity contribution in [3.63, 3.8) is 0 Å². The van der Waals surface area contributed by atoms with Crippen LogP contribution >= 0.6 is 11.6 Å². The van der Waals surface area contributed by atoms with Gasteiger partial charge in [0, 0.05) is 5.02 Å². The number of carbonyl (C=O) groups is 1. The summed E-state index contributed by atoms with van der Waals surface area (Å²) in [5.74, 6) is -0.382. The zero-order valence-electron chi connectivity index (χ0n) is 18.3. The summed E-state index contributed by atoms with van der Waals surface area (Å²) in [6.45, 7) is 3.79.